The van der Waals surface area contributed by atoms with E-state index in [4.69, 9.17) is 4.74 Å². The van der Waals surface area contributed by atoms with E-state index in [0.29, 0.717) is 10.0 Å². The number of rotatable bonds is 5. The quantitative estimate of drug-likeness (QED) is 0.509. The number of hydrogen-bond acceptors (Lipinski definition) is 3. The molecule has 0 spiro atoms. The molecule has 0 aliphatic carbocycles. The molecule has 0 aliphatic rings. The number of halogens is 1. The van der Waals surface area contributed by atoms with E-state index >= 15 is 0 Å². The van der Waals surface area contributed by atoms with Crippen LogP contribution in [-0.4, -0.2) is 23.7 Å². The number of carbonyl (C=O) groups is 2. The van der Waals surface area contributed by atoms with Crippen LogP contribution in [0.1, 0.15) is 25.8 Å². The molecule has 0 fully saturated rings. The molecule has 1 aromatic rings. The molecule has 4 nitrogen and oxygen atoms in total. The van der Waals surface area contributed by atoms with E-state index in [1.165, 1.54) is 0 Å². The molecule has 1 N–H and O–H groups in total. The first-order valence-electron chi connectivity index (χ1n) is 6.06. The Labute approximate surface area is 126 Å². The van der Waals surface area contributed by atoms with Gasteiger partial charge in [-0.25, -0.2) is 0 Å². The fraction of sp³-hybridized carbons (Fsp3) is 0.333. The molecule has 0 aliphatic heterocycles. The van der Waals surface area contributed by atoms with Gasteiger partial charge in [0.2, 0.25) is 5.41 Å². The summed E-state index contributed by atoms with van der Waals surface area (Å²) in [6.45, 7) is 3.34. The Bertz CT molecular complexity index is 571. The number of hydrogen-bond donors (Lipinski definition) is 1. The molecule has 0 bridgehead atoms. The summed E-state index contributed by atoms with van der Waals surface area (Å²) in [5, 5.41) is 9.64. The molecule has 1 atom stereocenters. The number of carboxylic acids is 1. The van der Waals surface area contributed by atoms with Crippen molar-refractivity contribution < 1.29 is 19.4 Å². The molecule has 0 aromatic heterocycles. The minimum atomic E-state index is -1.82. The first-order valence-corrected chi connectivity index (χ1v) is 6.85. The van der Waals surface area contributed by atoms with Crippen molar-refractivity contribution in [3.05, 3.63) is 34.3 Å². The lowest BCUT2D eigenvalue weighted by Crippen LogP contribution is -2.45. The lowest BCUT2D eigenvalue weighted by atomic mass is 9.77. The zero-order valence-electron chi connectivity index (χ0n) is 11.3. The van der Waals surface area contributed by atoms with Gasteiger partial charge in [0, 0.05) is 10.9 Å². The summed E-state index contributed by atoms with van der Waals surface area (Å²) in [6.07, 6.45) is -0.139. The maximum Gasteiger partial charge on any atom is 0.329 e. The molecule has 5 heteroatoms. The predicted molar refractivity (Wildman–Crippen MR) is 78.2 cm³/mol. The number of aliphatic carboxylic acids is 1. The molecule has 1 unspecified atom stereocenters. The van der Waals surface area contributed by atoms with Crippen LogP contribution < -0.4 is 0 Å². The van der Waals surface area contributed by atoms with E-state index < -0.39 is 17.4 Å². The van der Waals surface area contributed by atoms with E-state index in [9.17, 15) is 14.7 Å². The van der Waals surface area contributed by atoms with Gasteiger partial charge in [-0.05, 0) is 25.5 Å². The highest BCUT2D eigenvalue weighted by atomic mass is 79.9. The molecule has 0 heterocycles. The van der Waals surface area contributed by atoms with Crippen LogP contribution in [0.15, 0.2) is 28.7 Å². The fourth-order valence-corrected chi connectivity index (χ4v) is 2.46. The molecule has 106 valence electrons. The van der Waals surface area contributed by atoms with E-state index in [1.807, 2.05) is 0 Å². The van der Waals surface area contributed by atoms with Crippen LogP contribution in [0.3, 0.4) is 0 Å². The van der Waals surface area contributed by atoms with Crippen molar-refractivity contribution in [1.82, 2.24) is 0 Å². The maximum absolute atomic E-state index is 12.3. The van der Waals surface area contributed by atoms with Crippen LogP contribution in [0.25, 0.3) is 0 Å². The molecule has 0 radical (unpaired) electrons. The summed E-state index contributed by atoms with van der Waals surface area (Å²) in [7, 11) is 0. The van der Waals surface area contributed by atoms with Gasteiger partial charge in [-0.2, -0.15) is 0 Å². The summed E-state index contributed by atoms with van der Waals surface area (Å²) < 4.78 is 5.50. The molecule has 1 aromatic carbocycles. The maximum atomic E-state index is 12.3. The predicted octanol–water partition coefficient (Wildman–Crippen LogP) is 2.75. The molecular formula is C15H15BrO4. The van der Waals surface area contributed by atoms with Crippen LogP contribution >= 0.6 is 15.9 Å². The monoisotopic (exact) mass is 338 g/mol. The van der Waals surface area contributed by atoms with Gasteiger partial charge in [0.15, 0.2) is 0 Å². The van der Waals surface area contributed by atoms with Gasteiger partial charge in [-0.3, -0.25) is 9.59 Å². The molecule has 20 heavy (non-hydrogen) atoms. The van der Waals surface area contributed by atoms with Gasteiger partial charge >= 0.3 is 11.9 Å². The summed E-state index contributed by atoms with van der Waals surface area (Å²) in [6, 6.07) is 6.70. The average Bonchev–Trinajstić information content (AvgIpc) is 2.41. The topological polar surface area (TPSA) is 63.6 Å². The van der Waals surface area contributed by atoms with Crippen LogP contribution in [0.4, 0.5) is 0 Å². The van der Waals surface area contributed by atoms with Gasteiger partial charge in [-0.15, -0.1) is 11.8 Å². The molecule has 0 saturated carbocycles. The molecule has 1 rings (SSSR count). The minimum Gasteiger partial charge on any atom is -0.480 e. The Morgan fingerprint density at radius 2 is 2.05 bits per heavy atom. The van der Waals surface area contributed by atoms with Gasteiger partial charge in [0.1, 0.15) is 0 Å². The smallest absolute Gasteiger partial charge is 0.329 e. The number of ether oxygens (including phenoxy) is 1. The first kappa shape index (κ1) is 16.3. The Morgan fingerprint density at radius 1 is 1.40 bits per heavy atom. The van der Waals surface area contributed by atoms with Crippen molar-refractivity contribution in [2.75, 3.05) is 6.61 Å². The third kappa shape index (κ3) is 3.02. The van der Waals surface area contributed by atoms with Crippen molar-refractivity contribution in [2.24, 2.45) is 0 Å². The summed E-state index contributed by atoms with van der Waals surface area (Å²) in [4.78, 5) is 24.1. The van der Waals surface area contributed by atoms with E-state index in [1.54, 1.807) is 38.1 Å². The van der Waals surface area contributed by atoms with Gasteiger partial charge in [0.25, 0.3) is 0 Å². The van der Waals surface area contributed by atoms with Crippen molar-refractivity contribution >= 4 is 27.9 Å². The number of esters is 1. The Kier molecular flexibility index (Phi) is 5.78. The van der Waals surface area contributed by atoms with Crippen LogP contribution in [0.2, 0.25) is 0 Å². The van der Waals surface area contributed by atoms with E-state index in [-0.39, 0.29) is 13.0 Å². The average molecular weight is 339 g/mol. The molecular weight excluding hydrogens is 324 g/mol. The lowest BCUT2D eigenvalue weighted by Gasteiger charge is -2.26. The number of carbonyl (C=O) groups excluding carboxylic acids is 1. The van der Waals surface area contributed by atoms with Gasteiger partial charge in [0.05, 0.1) is 6.61 Å². The van der Waals surface area contributed by atoms with Gasteiger partial charge < -0.3 is 9.84 Å². The summed E-state index contributed by atoms with van der Waals surface area (Å²) in [5.41, 5.74) is -1.48. The number of benzene rings is 1. The van der Waals surface area contributed by atoms with Crippen molar-refractivity contribution in [2.45, 2.75) is 25.7 Å². The Morgan fingerprint density at radius 3 is 2.55 bits per heavy atom. The second-order valence-electron chi connectivity index (χ2n) is 4.01. The summed E-state index contributed by atoms with van der Waals surface area (Å²) >= 11 is 3.29. The largest absolute Gasteiger partial charge is 0.480 e. The molecule has 0 saturated heterocycles. The zero-order chi connectivity index (χ0) is 15.2. The number of carboxylic acid groups (broad SMARTS) is 1. The minimum absolute atomic E-state index is 0.109. The third-order valence-corrected chi connectivity index (χ3v) is 3.54. The third-order valence-electron chi connectivity index (χ3n) is 2.85. The Balaban J connectivity index is 3.51. The normalized spacial score (nSPS) is 12.8. The van der Waals surface area contributed by atoms with Crippen LogP contribution in [0, 0.1) is 11.8 Å². The lowest BCUT2D eigenvalue weighted by molar-refractivity contribution is -0.161. The van der Waals surface area contributed by atoms with Crippen LogP contribution in [-0.2, 0) is 19.7 Å². The Hall–Kier alpha value is -1.80. The fourth-order valence-electron chi connectivity index (χ4n) is 1.84. The van der Waals surface area contributed by atoms with Crippen molar-refractivity contribution in [3.8, 4) is 11.8 Å². The highest BCUT2D eigenvalue weighted by molar-refractivity contribution is 9.10. The second kappa shape index (κ2) is 7.11. The second-order valence-corrected chi connectivity index (χ2v) is 4.87. The van der Waals surface area contributed by atoms with Crippen LogP contribution in [0.5, 0.6) is 0 Å². The highest BCUT2D eigenvalue weighted by Gasteiger charge is 2.50. The van der Waals surface area contributed by atoms with Crippen molar-refractivity contribution in [3.63, 3.8) is 0 Å². The van der Waals surface area contributed by atoms with E-state index in [0.717, 1.165) is 0 Å². The first-order chi connectivity index (χ1) is 9.50. The zero-order valence-corrected chi connectivity index (χ0v) is 12.9. The SMILES string of the molecule is CC#CCC(C(=O)O)(C(=O)OCC)c1ccccc1Br. The van der Waals surface area contributed by atoms with Gasteiger partial charge in [-0.1, -0.05) is 34.1 Å². The standard InChI is InChI=1S/C15H15BrO4/c1-3-5-10-15(13(17)18,14(19)20-4-2)11-8-6-7-9-12(11)16/h6-9H,4,10H2,1-2H3,(H,17,18). The summed E-state index contributed by atoms with van der Waals surface area (Å²) in [5.74, 6) is 3.23. The molecule has 0 amide bonds. The van der Waals surface area contributed by atoms with E-state index in [2.05, 4.69) is 27.8 Å². The van der Waals surface area contributed by atoms with Crippen molar-refractivity contribution in [1.29, 1.82) is 0 Å². The highest BCUT2D eigenvalue weighted by Crippen LogP contribution is 2.35.